The normalized spacial score (nSPS) is 15.0. The van der Waals surface area contributed by atoms with E-state index in [1.54, 1.807) is 11.3 Å². The Morgan fingerprint density at radius 2 is 2.00 bits per heavy atom. The SMILES string of the molecule is CC(C)(C)C(=O)NCCC(=O)Nc1ccc2nc(N3CCOCC3)sc2c1. The van der Waals surface area contributed by atoms with Crippen molar-refractivity contribution >= 4 is 44.2 Å². The molecule has 2 aromatic rings. The van der Waals surface area contributed by atoms with Crippen LogP contribution < -0.4 is 15.5 Å². The number of carbonyl (C=O) groups is 2. The molecule has 2 heterocycles. The zero-order chi connectivity index (χ0) is 19.4. The van der Waals surface area contributed by atoms with Gasteiger partial charge in [0.1, 0.15) is 0 Å². The number of thiazole rings is 1. The lowest BCUT2D eigenvalue weighted by molar-refractivity contribution is -0.128. The Balaban J connectivity index is 1.57. The molecule has 1 saturated heterocycles. The van der Waals surface area contributed by atoms with Gasteiger partial charge in [-0.2, -0.15) is 0 Å². The second-order valence-electron chi connectivity index (χ2n) is 7.58. The largest absolute Gasteiger partial charge is 0.378 e. The van der Waals surface area contributed by atoms with E-state index in [0.29, 0.717) is 6.54 Å². The van der Waals surface area contributed by atoms with Crippen molar-refractivity contribution < 1.29 is 14.3 Å². The first kappa shape index (κ1) is 19.6. The molecule has 27 heavy (non-hydrogen) atoms. The predicted octanol–water partition coefficient (Wildman–Crippen LogP) is 2.62. The smallest absolute Gasteiger partial charge is 0.226 e. The number of morpholine rings is 1. The van der Waals surface area contributed by atoms with E-state index in [4.69, 9.17) is 4.74 Å². The summed E-state index contributed by atoms with van der Waals surface area (Å²) >= 11 is 1.62. The van der Waals surface area contributed by atoms with Gasteiger partial charge in [-0.15, -0.1) is 0 Å². The third kappa shape index (κ3) is 5.17. The summed E-state index contributed by atoms with van der Waals surface area (Å²) in [6, 6.07) is 5.73. The third-order valence-electron chi connectivity index (χ3n) is 4.26. The van der Waals surface area contributed by atoms with Crippen molar-refractivity contribution in [3.05, 3.63) is 18.2 Å². The molecular formula is C19H26N4O3S. The van der Waals surface area contributed by atoms with Crippen LogP contribution in [0.3, 0.4) is 0 Å². The Kier molecular flexibility index (Phi) is 5.96. The molecular weight excluding hydrogens is 364 g/mol. The molecule has 0 saturated carbocycles. The quantitative estimate of drug-likeness (QED) is 0.820. The number of nitrogens with one attached hydrogen (secondary N) is 2. The minimum absolute atomic E-state index is 0.0583. The number of fused-ring (bicyclic) bond motifs is 1. The molecule has 146 valence electrons. The average Bonchev–Trinajstić information content (AvgIpc) is 3.05. The number of nitrogens with zero attached hydrogens (tertiary/aromatic N) is 2. The highest BCUT2D eigenvalue weighted by Gasteiger charge is 2.20. The molecule has 0 atom stereocenters. The minimum atomic E-state index is -0.453. The highest BCUT2D eigenvalue weighted by Crippen LogP contribution is 2.31. The van der Waals surface area contributed by atoms with Crippen molar-refractivity contribution in [3.63, 3.8) is 0 Å². The Morgan fingerprint density at radius 1 is 1.26 bits per heavy atom. The van der Waals surface area contributed by atoms with Crippen LogP contribution in [-0.2, 0) is 14.3 Å². The Bertz CT molecular complexity index is 822. The standard InChI is InChI=1S/C19H26N4O3S/c1-19(2,3)17(25)20-7-6-16(24)21-13-4-5-14-15(12-13)27-18(22-14)23-8-10-26-11-9-23/h4-5,12H,6-11H2,1-3H3,(H,20,25)(H,21,24). The van der Waals surface area contributed by atoms with Crippen molar-refractivity contribution in [2.45, 2.75) is 27.2 Å². The van der Waals surface area contributed by atoms with Gasteiger partial charge < -0.3 is 20.3 Å². The molecule has 0 radical (unpaired) electrons. The van der Waals surface area contributed by atoms with Crippen LogP contribution in [0.2, 0.25) is 0 Å². The molecule has 2 amide bonds. The van der Waals surface area contributed by atoms with Gasteiger partial charge >= 0.3 is 0 Å². The number of hydrogen-bond donors (Lipinski definition) is 2. The maximum atomic E-state index is 12.1. The number of anilines is 2. The van der Waals surface area contributed by atoms with Gasteiger partial charge in [0.15, 0.2) is 5.13 Å². The molecule has 8 heteroatoms. The van der Waals surface area contributed by atoms with E-state index in [1.165, 1.54) is 0 Å². The van der Waals surface area contributed by atoms with E-state index >= 15 is 0 Å². The fourth-order valence-electron chi connectivity index (χ4n) is 2.66. The lowest BCUT2D eigenvalue weighted by Gasteiger charge is -2.25. The van der Waals surface area contributed by atoms with Gasteiger partial charge in [-0.25, -0.2) is 4.98 Å². The number of aromatic nitrogens is 1. The molecule has 1 aliphatic heterocycles. The summed E-state index contributed by atoms with van der Waals surface area (Å²) in [6.45, 7) is 9.01. The number of hydrogen-bond acceptors (Lipinski definition) is 6. The Labute approximate surface area is 163 Å². The van der Waals surface area contributed by atoms with E-state index in [2.05, 4.69) is 20.5 Å². The van der Waals surface area contributed by atoms with Gasteiger partial charge in [0.25, 0.3) is 0 Å². The number of benzene rings is 1. The van der Waals surface area contributed by atoms with Crippen LogP contribution in [0.1, 0.15) is 27.2 Å². The van der Waals surface area contributed by atoms with Crippen LogP contribution in [0.25, 0.3) is 10.2 Å². The Hall–Kier alpha value is -2.19. The zero-order valence-corrected chi connectivity index (χ0v) is 16.8. The van der Waals surface area contributed by atoms with Gasteiger partial charge in [0.05, 0.1) is 23.4 Å². The maximum absolute atomic E-state index is 12.1. The summed E-state index contributed by atoms with van der Waals surface area (Å²) in [7, 11) is 0. The van der Waals surface area contributed by atoms with E-state index in [1.807, 2.05) is 39.0 Å². The van der Waals surface area contributed by atoms with E-state index in [-0.39, 0.29) is 18.2 Å². The maximum Gasteiger partial charge on any atom is 0.226 e. The summed E-state index contributed by atoms with van der Waals surface area (Å²) in [5.41, 5.74) is 1.22. The fraction of sp³-hybridized carbons (Fsp3) is 0.526. The molecule has 1 aromatic carbocycles. The van der Waals surface area contributed by atoms with Crippen molar-refractivity contribution in [1.29, 1.82) is 0 Å². The van der Waals surface area contributed by atoms with Crippen LogP contribution in [-0.4, -0.2) is 49.6 Å². The summed E-state index contributed by atoms with van der Waals surface area (Å²) in [4.78, 5) is 30.9. The monoisotopic (exact) mass is 390 g/mol. The lowest BCUT2D eigenvalue weighted by Crippen LogP contribution is -2.36. The van der Waals surface area contributed by atoms with Gasteiger partial charge in [-0.3, -0.25) is 9.59 Å². The van der Waals surface area contributed by atoms with Crippen LogP contribution >= 0.6 is 11.3 Å². The third-order valence-corrected chi connectivity index (χ3v) is 5.34. The van der Waals surface area contributed by atoms with Crippen LogP contribution in [0.15, 0.2) is 18.2 Å². The average molecular weight is 391 g/mol. The van der Waals surface area contributed by atoms with Gasteiger partial charge in [-0.1, -0.05) is 32.1 Å². The molecule has 2 N–H and O–H groups in total. The van der Waals surface area contributed by atoms with Crippen molar-refractivity contribution in [2.24, 2.45) is 5.41 Å². The first-order valence-corrected chi connectivity index (χ1v) is 9.96. The highest BCUT2D eigenvalue weighted by molar-refractivity contribution is 7.22. The second-order valence-corrected chi connectivity index (χ2v) is 8.59. The van der Waals surface area contributed by atoms with E-state index in [0.717, 1.165) is 47.3 Å². The summed E-state index contributed by atoms with van der Waals surface area (Å²) in [5.74, 6) is -0.182. The molecule has 1 aromatic heterocycles. The zero-order valence-electron chi connectivity index (χ0n) is 16.0. The van der Waals surface area contributed by atoms with Crippen LogP contribution in [0, 0.1) is 5.41 Å². The number of rotatable bonds is 5. The van der Waals surface area contributed by atoms with Crippen molar-refractivity contribution in [2.75, 3.05) is 43.1 Å². The minimum Gasteiger partial charge on any atom is -0.378 e. The number of amides is 2. The topological polar surface area (TPSA) is 83.6 Å². The molecule has 3 rings (SSSR count). The lowest BCUT2D eigenvalue weighted by atomic mass is 9.96. The molecule has 1 aliphatic rings. The molecule has 0 spiro atoms. The summed E-state index contributed by atoms with van der Waals surface area (Å²) < 4.78 is 6.42. The summed E-state index contributed by atoms with van der Waals surface area (Å²) in [5, 5.41) is 6.66. The highest BCUT2D eigenvalue weighted by atomic mass is 32.1. The van der Waals surface area contributed by atoms with E-state index in [9.17, 15) is 9.59 Å². The molecule has 1 fully saturated rings. The van der Waals surface area contributed by atoms with E-state index < -0.39 is 5.41 Å². The fourth-order valence-corrected chi connectivity index (χ4v) is 3.71. The van der Waals surface area contributed by atoms with Crippen LogP contribution in [0.5, 0.6) is 0 Å². The summed E-state index contributed by atoms with van der Waals surface area (Å²) in [6.07, 6.45) is 0.238. The Morgan fingerprint density at radius 3 is 2.70 bits per heavy atom. The second kappa shape index (κ2) is 8.22. The first-order valence-electron chi connectivity index (χ1n) is 9.14. The number of carbonyl (C=O) groups excluding carboxylic acids is 2. The van der Waals surface area contributed by atoms with Crippen molar-refractivity contribution in [3.8, 4) is 0 Å². The van der Waals surface area contributed by atoms with Gasteiger partial charge in [0, 0.05) is 37.2 Å². The predicted molar refractivity (Wildman–Crippen MR) is 108 cm³/mol. The molecule has 0 aliphatic carbocycles. The van der Waals surface area contributed by atoms with Gasteiger partial charge in [0.2, 0.25) is 11.8 Å². The molecule has 0 bridgehead atoms. The molecule has 7 nitrogen and oxygen atoms in total. The van der Waals surface area contributed by atoms with Crippen LogP contribution in [0.4, 0.5) is 10.8 Å². The van der Waals surface area contributed by atoms with Crippen molar-refractivity contribution in [1.82, 2.24) is 10.3 Å². The first-order chi connectivity index (χ1) is 12.8. The number of ether oxygens (including phenoxy) is 1. The van der Waals surface area contributed by atoms with Gasteiger partial charge in [-0.05, 0) is 18.2 Å². The molecule has 0 unspecified atom stereocenters.